The molecule has 42 heavy (non-hydrogen) atoms. The van der Waals surface area contributed by atoms with Crippen molar-refractivity contribution in [3.8, 4) is 28.4 Å². The SMILES string of the molecule is Cc1cccc(-n2nc(-c3ccccc3)c3c2N(CC(=O)N2CCCC2)C(=O)CS[C@@H]3c2ccc3c(c2)OCO3)c1C. The molecule has 7 rings (SSSR count). The van der Waals surface area contributed by atoms with Gasteiger partial charge in [0.2, 0.25) is 18.6 Å². The molecule has 2 amide bonds. The number of benzene rings is 3. The first-order chi connectivity index (χ1) is 20.5. The summed E-state index contributed by atoms with van der Waals surface area (Å²) in [4.78, 5) is 31.1. The number of aryl methyl sites for hydroxylation is 1. The second-order valence-electron chi connectivity index (χ2n) is 11.0. The Morgan fingerprint density at radius 3 is 2.57 bits per heavy atom. The van der Waals surface area contributed by atoms with Crippen molar-refractivity contribution < 1.29 is 19.1 Å². The molecule has 8 nitrogen and oxygen atoms in total. The van der Waals surface area contributed by atoms with Gasteiger partial charge in [-0.3, -0.25) is 14.5 Å². The van der Waals surface area contributed by atoms with Gasteiger partial charge in [-0.1, -0.05) is 48.5 Å². The zero-order chi connectivity index (χ0) is 28.8. The fourth-order valence-corrected chi connectivity index (χ4v) is 7.19. The predicted octanol–water partition coefficient (Wildman–Crippen LogP) is 5.68. The number of rotatable bonds is 5. The van der Waals surface area contributed by atoms with E-state index < -0.39 is 0 Å². The van der Waals surface area contributed by atoms with Crippen molar-refractivity contribution in [3.05, 3.63) is 89.0 Å². The monoisotopic (exact) mass is 580 g/mol. The summed E-state index contributed by atoms with van der Waals surface area (Å²) in [6.45, 7) is 5.77. The molecule has 4 heterocycles. The summed E-state index contributed by atoms with van der Waals surface area (Å²) < 4.78 is 13.2. The van der Waals surface area contributed by atoms with Crippen molar-refractivity contribution in [1.29, 1.82) is 0 Å². The number of anilines is 1. The minimum absolute atomic E-state index is 0.0228. The zero-order valence-corrected chi connectivity index (χ0v) is 24.5. The normalized spacial score (nSPS) is 17.9. The van der Waals surface area contributed by atoms with Crippen LogP contribution in [-0.4, -0.2) is 58.7 Å². The summed E-state index contributed by atoms with van der Waals surface area (Å²) in [5, 5.41) is 5.01. The standard InChI is InChI=1S/C33H32N4O4S/c1-21-9-8-12-25(22(21)2)37-33-30(31(34-37)23-10-4-3-5-11-23)32(24-13-14-26-27(17-24)41-20-40-26)42-19-29(39)36(33)18-28(38)35-15-6-7-16-35/h3-5,8-14,17,32H,6-7,15-16,18-20H2,1-2H3/t32-/m1/s1. The zero-order valence-electron chi connectivity index (χ0n) is 23.7. The molecule has 1 atom stereocenters. The van der Waals surface area contributed by atoms with Gasteiger partial charge in [0.15, 0.2) is 11.5 Å². The number of amides is 2. The molecule has 214 valence electrons. The van der Waals surface area contributed by atoms with E-state index in [9.17, 15) is 9.59 Å². The van der Waals surface area contributed by atoms with Crippen molar-refractivity contribution in [2.24, 2.45) is 0 Å². The Labute approximate surface area is 249 Å². The minimum Gasteiger partial charge on any atom is -0.454 e. The Morgan fingerprint density at radius 2 is 1.76 bits per heavy atom. The Bertz CT molecular complexity index is 1680. The molecule has 1 fully saturated rings. The first-order valence-electron chi connectivity index (χ1n) is 14.3. The van der Waals surface area contributed by atoms with Crippen LogP contribution < -0.4 is 14.4 Å². The lowest BCUT2D eigenvalue weighted by Gasteiger charge is -2.26. The molecule has 0 unspecified atom stereocenters. The molecule has 9 heteroatoms. The number of carbonyl (C=O) groups excluding carboxylic acids is 2. The lowest BCUT2D eigenvalue weighted by atomic mass is 9.99. The van der Waals surface area contributed by atoms with E-state index in [1.165, 1.54) is 0 Å². The third-order valence-electron chi connectivity index (χ3n) is 8.39. The van der Waals surface area contributed by atoms with Crippen molar-refractivity contribution >= 4 is 29.4 Å². The molecule has 3 aromatic carbocycles. The second-order valence-corrected chi connectivity index (χ2v) is 12.0. The second kappa shape index (κ2) is 10.9. The molecule has 0 aliphatic carbocycles. The molecular formula is C33H32N4O4S. The van der Waals surface area contributed by atoms with Crippen LogP contribution in [0.5, 0.6) is 11.5 Å². The van der Waals surface area contributed by atoms with Crippen LogP contribution in [0.15, 0.2) is 66.7 Å². The maximum atomic E-state index is 14.0. The average molecular weight is 581 g/mol. The molecule has 3 aliphatic rings. The highest BCUT2D eigenvalue weighted by Crippen LogP contribution is 2.50. The van der Waals surface area contributed by atoms with Gasteiger partial charge in [0.05, 0.1) is 22.4 Å². The maximum absolute atomic E-state index is 14.0. The largest absolute Gasteiger partial charge is 0.454 e. The molecule has 0 N–H and O–H groups in total. The lowest BCUT2D eigenvalue weighted by Crippen LogP contribution is -2.43. The van der Waals surface area contributed by atoms with E-state index in [0.717, 1.165) is 65.1 Å². The van der Waals surface area contributed by atoms with Gasteiger partial charge in [0, 0.05) is 24.2 Å². The number of likely N-dealkylation sites (tertiary alicyclic amines) is 1. The van der Waals surface area contributed by atoms with Crippen molar-refractivity contribution in [2.45, 2.75) is 31.9 Å². The summed E-state index contributed by atoms with van der Waals surface area (Å²) in [5.74, 6) is 2.13. The summed E-state index contributed by atoms with van der Waals surface area (Å²) in [6.07, 6.45) is 1.98. The van der Waals surface area contributed by atoms with E-state index >= 15 is 0 Å². The Balaban J connectivity index is 1.48. The first kappa shape index (κ1) is 26.6. The third-order valence-corrected chi connectivity index (χ3v) is 9.65. The Hall–Kier alpha value is -4.24. The van der Waals surface area contributed by atoms with Gasteiger partial charge in [0.1, 0.15) is 12.4 Å². The van der Waals surface area contributed by atoms with Crippen LogP contribution in [0.25, 0.3) is 16.9 Å². The molecule has 1 saturated heterocycles. The average Bonchev–Trinajstić information content (AvgIpc) is 3.77. The first-order valence-corrected chi connectivity index (χ1v) is 15.4. The quantitative estimate of drug-likeness (QED) is 0.303. The predicted molar refractivity (Wildman–Crippen MR) is 164 cm³/mol. The molecule has 0 bridgehead atoms. The van der Waals surface area contributed by atoms with Crippen LogP contribution in [0.3, 0.4) is 0 Å². The van der Waals surface area contributed by atoms with E-state index in [2.05, 4.69) is 19.9 Å². The van der Waals surface area contributed by atoms with E-state index in [1.807, 2.05) is 70.2 Å². The van der Waals surface area contributed by atoms with Crippen LogP contribution in [-0.2, 0) is 9.59 Å². The highest BCUT2D eigenvalue weighted by Gasteiger charge is 2.39. The topological polar surface area (TPSA) is 76.9 Å². The summed E-state index contributed by atoms with van der Waals surface area (Å²) in [6, 6.07) is 22.2. The molecule has 0 spiro atoms. The van der Waals surface area contributed by atoms with E-state index in [0.29, 0.717) is 17.3 Å². The molecule has 0 saturated carbocycles. The molecule has 4 aromatic rings. The van der Waals surface area contributed by atoms with Gasteiger partial charge < -0.3 is 14.4 Å². The number of aromatic nitrogens is 2. The van der Waals surface area contributed by atoms with Gasteiger partial charge in [0.25, 0.3) is 0 Å². The van der Waals surface area contributed by atoms with Crippen LogP contribution in [0.1, 0.15) is 40.3 Å². The van der Waals surface area contributed by atoms with Gasteiger partial charge in [-0.05, 0) is 61.6 Å². The van der Waals surface area contributed by atoms with E-state index in [4.69, 9.17) is 14.6 Å². The highest BCUT2D eigenvalue weighted by molar-refractivity contribution is 8.00. The number of ether oxygens (including phenoxy) is 2. The molecule has 3 aliphatic heterocycles. The van der Waals surface area contributed by atoms with Crippen LogP contribution in [0.2, 0.25) is 0 Å². The van der Waals surface area contributed by atoms with Gasteiger partial charge >= 0.3 is 0 Å². The van der Waals surface area contributed by atoms with Gasteiger partial charge in [-0.25, -0.2) is 4.68 Å². The summed E-state index contributed by atoms with van der Waals surface area (Å²) >= 11 is 1.56. The number of hydrogen-bond acceptors (Lipinski definition) is 6. The smallest absolute Gasteiger partial charge is 0.242 e. The Kier molecular flexibility index (Phi) is 6.90. The van der Waals surface area contributed by atoms with Crippen LogP contribution >= 0.6 is 11.8 Å². The van der Waals surface area contributed by atoms with Crippen molar-refractivity contribution in [3.63, 3.8) is 0 Å². The van der Waals surface area contributed by atoms with E-state index in [-0.39, 0.29) is 36.2 Å². The molecule has 0 radical (unpaired) electrons. The van der Waals surface area contributed by atoms with Gasteiger partial charge in [-0.2, -0.15) is 5.10 Å². The number of thioether (sulfide) groups is 1. The third kappa shape index (κ3) is 4.61. The summed E-state index contributed by atoms with van der Waals surface area (Å²) in [7, 11) is 0. The fourth-order valence-electron chi connectivity index (χ4n) is 6.00. The molecular weight excluding hydrogens is 548 g/mol. The number of fused-ring (bicyclic) bond motifs is 2. The summed E-state index contributed by atoms with van der Waals surface area (Å²) in [5.41, 5.74) is 6.71. The highest BCUT2D eigenvalue weighted by atomic mass is 32.2. The number of hydrogen-bond donors (Lipinski definition) is 0. The van der Waals surface area contributed by atoms with E-state index in [1.54, 1.807) is 16.7 Å². The maximum Gasteiger partial charge on any atom is 0.242 e. The van der Waals surface area contributed by atoms with Crippen molar-refractivity contribution in [2.75, 3.05) is 37.1 Å². The van der Waals surface area contributed by atoms with Gasteiger partial charge in [-0.15, -0.1) is 11.8 Å². The minimum atomic E-state index is -0.237. The van der Waals surface area contributed by atoms with Crippen LogP contribution in [0, 0.1) is 13.8 Å². The lowest BCUT2D eigenvalue weighted by molar-refractivity contribution is -0.130. The number of nitrogens with zero attached hydrogens (tertiary/aromatic N) is 4. The fraction of sp³-hybridized carbons (Fsp3) is 0.303. The molecule has 1 aromatic heterocycles. The Morgan fingerprint density at radius 1 is 0.976 bits per heavy atom. The van der Waals surface area contributed by atoms with Crippen molar-refractivity contribution in [1.82, 2.24) is 14.7 Å². The number of carbonyl (C=O) groups is 2. The van der Waals surface area contributed by atoms with Crippen LogP contribution in [0.4, 0.5) is 5.82 Å².